The van der Waals surface area contributed by atoms with Crippen LogP contribution in [0.15, 0.2) is 59.1 Å². The highest BCUT2D eigenvalue weighted by Crippen LogP contribution is 2.36. The molecule has 0 N–H and O–H groups in total. The number of halogens is 4. The minimum absolute atomic E-state index is 0.0330. The molecule has 1 aromatic heterocycles. The number of alkyl halides is 3. The third-order valence-electron chi connectivity index (χ3n) is 6.17. The number of benzene rings is 2. The Hall–Kier alpha value is -2.55. The average Bonchev–Trinajstić information content (AvgIpc) is 3.30. The second kappa shape index (κ2) is 10.8. The van der Waals surface area contributed by atoms with E-state index < -0.39 is 11.7 Å². The fourth-order valence-electron chi connectivity index (χ4n) is 4.22. The molecule has 2 aromatic carbocycles. The molecule has 1 fully saturated rings. The van der Waals surface area contributed by atoms with Crippen LogP contribution < -0.4 is 4.90 Å². The van der Waals surface area contributed by atoms with Gasteiger partial charge in [0.15, 0.2) is 5.76 Å². The highest BCUT2D eigenvalue weighted by Gasteiger charge is 2.34. The Bertz CT molecular complexity index is 1080. The average molecular weight is 493 g/mol. The molecule has 0 aliphatic carbocycles. The Morgan fingerprint density at radius 2 is 1.79 bits per heavy atom. The van der Waals surface area contributed by atoms with E-state index in [2.05, 4.69) is 32.8 Å². The minimum atomic E-state index is -4.44. The van der Waals surface area contributed by atoms with Crippen LogP contribution in [-0.2, 0) is 12.7 Å². The fraction of sp³-hybridized carbons (Fsp3) is 0.400. The SMILES string of the molecule is CCN(CCN1CCN(c2cccc(Cl)c2)CC1)Cc1cc(-c2ccccc2C(F)(F)F)no1. The Morgan fingerprint density at radius 3 is 2.50 bits per heavy atom. The number of piperazine rings is 1. The van der Waals surface area contributed by atoms with Crippen molar-refractivity contribution < 1.29 is 17.7 Å². The second-order valence-electron chi connectivity index (χ2n) is 8.40. The number of nitrogens with zero attached hydrogens (tertiary/aromatic N) is 4. The number of hydrogen-bond donors (Lipinski definition) is 0. The van der Waals surface area contributed by atoms with E-state index in [0.29, 0.717) is 12.3 Å². The Kier molecular flexibility index (Phi) is 7.80. The maximum atomic E-state index is 13.3. The number of hydrogen-bond acceptors (Lipinski definition) is 5. The molecule has 1 aliphatic rings. The van der Waals surface area contributed by atoms with Crippen LogP contribution >= 0.6 is 11.6 Å². The highest BCUT2D eigenvalue weighted by molar-refractivity contribution is 6.30. The van der Waals surface area contributed by atoms with E-state index in [1.54, 1.807) is 12.1 Å². The van der Waals surface area contributed by atoms with E-state index in [4.69, 9.17) is 16.1 Å². The van der Waals surface area contributed by atoms with Gasteiger partial charge in [0.05, 0.1) is 12.1 Å². The van der Waals surface area contributed by atoms with Crippen LogP contribution in [0.1, 0.15) is 18.2 Å². The van der Waals surface area contributed by atoms with Gasteiger partial charge in [-0.1, -0.05) is 47.9 Å². The predicted octanol–water partition coefficient (Wildman–Crippen LogP) is 5.66. The van der Waals surface area contributed by atoms with E-state index in [-0.39, 0.29) is 11.3 Å². The molecule has 0 unspecified atom stereocenters. The lowest BCUT2D eigenvalue weighted by Gasteiger charge is -2.37. The van der Waals surface area contributed by atoms with Crippen LogP contribution in [0.2, 0.25) is 5.02 Å². The van der Waals surface area contributed by atoms with E-state index in [1.165, 1.54) is 12.1 Å². The van der Waals surface area contributed by atoms with Gasteiger partial charge in [0.2, 0.25) is 0 Å². The molecule has 0 saturated carbocycles. The van der Waals surface area contributed by atoms with Gasteiger partial charge in [-0.2, -0.15) is 13.2 Å². The molecule has 0 spiro atoms. The summed E-state index contributed by atoms with van der Waals surface area (Å²) in [6.45, 7) is 8.92. The zero-order valence-corrected chi connectivity index (χ0v) is 19.8. The highest BCUT2D eigenvalue weighted by atomic mass is 35.5. The van der Waals surface area contributed by atoms with Crippen molar-refractivity contribution in [1.29, 1.82) is 0 Å². The first kappa shape index (κ1) is 24.6. The molecule has 0 atom stereocenters. The molecule has 0 amide bonds. The lowest BCUT2D eigenvalue weighted by molar-refractivity contribution is -0.137. The molecule has 2 heterocycles. The quantitative estimate of drug-likeness (QED) is 0.405. The molecule has 1 aliphatic heterocycles. The van der Waals surface area contributed by atoms with Crippen LogP contribution in [0.5, 0.6) is 0 Å². The van der Waals surface area contributed by atoms with Gasteiger partial charge in [0.1, 0.15) is 5.69 Å². The summed E-state index contributed by atoms with van der Waals surface area (Å²) in [5, 5.41) is 4.66. The predicted molar refractivity (Wildman–Crippen MR) is 128 cm³/mol. The summed E-state index contributed by atoms with van der Waals surface area (Å²) in [5.41, 5.74) is 0.677. The van der Waals surface area contributed by atoms with Crippen LogP contribution in [0.25, 0.3) is 11.3 Å². The lowest BCUT2D eigenvalue weighted by atomic mass is 10.0. The Labute approximate surface area is 202 Å². The van der Waals surface area contributed by atoms with Crippen LogP contribution in [0.4, 0.5) is 18.9 Å². The molecule has 0 radical (unpaired) electrons. The molecule has 34 heavy (non-hydrogen) atoms. The zero-order valence-electron chi connectivity index (χ0n) is 19.1. The smallest absolute Gasteiger partial charge is 0.369 e. The van der Waals surface area contributed by atoms with Crippen molar-refractivity contribution in [2.45, 2.75) is 19.6 Å². The molecule has 0 bridgehead atoms. The van der Waals surface area contributed by atoms with Gasteiger partial charge in [-0.25, -0.2) is 0 Å². The van der Waals surface area contributed by atoms with Gasteiger partial charge in [-0.3, -0.25) is 9.80 Å². The van der Waals surface area contributed by atoms with Crippen molar-refractivity contribution >= 4 is 17.3 Å². The van der Waals surface area contributed by atoms with Crippen LogP contribution in [-0.4, -0.2) is 60.8 Å². The normalized spacial score (nSPS) is 15.3. The van der Waals surface area contributed by atoms with E-state index in [1.807, 2.05) is 18.2 Å². The topological polar surface area (TPSA) is 35.8 Å². The molecule has 3 aromatic rings. The third kappa shape index (κ3) is 6.11. The molecule has 1 saturated heterocycles. The maximum Gasteiger partial charge on any atom is 0.417 e. The Morgan fingerprint density at radius 1 is 1.03 bits per heavy atom. The van der Waals surface area contributed by atoms with Crippen molar-refractivity contribution in [3.8, 4) is 11.3 Å². The van der Waals surface area contributed by atoms with Crippen molar-refractivity contribution in [1.82, 2.24) is 15.0 Å². The van der Waals surface area contributed by atoms with Gasteiger partial charge in [-0.15, -0.1) is 0 Å². The molecule has 5 nitrogen and oxygen atoms in total. The molecular formula is C25H28ClF3N4O. The zero-order chi connectivity index (χ0) is 24.1. The van der Waals surface area contributed by atoms with Crippen molar-refractivity contribution in [2.24, 2.45) is 0 Å². The lowest BCUT2D eigenvalue weighted by Crippen LogP contribution is -2.48. The number of rotatable bonds is 8. The summed E-state index contributed by atoms with van der Waals surface area (Å²) in [6, 6.07) is 15.0. The molecule has 182 valence electrons. The number of anilines is 1. The van der Waals surface area contributed by atoms with E-state index in [0.717, 1.165) is 62.6 Å². The van der Waals surface area contributed by atoms with Gasteiger partial charge in [-0.05, 0) is 30.8 Å². The summed E-state index contributed by atoms with van der Waals surface area (Å²) in [5.74, 6) is 0.555. The van der Waals surface area contributed by atoms with Crippen molar-refractivity contribution in [3.63, 3.8) is 0 Å². The molecule has 4 rings (SSSR count). The van der Waals surface area contributed by atoms with E-state index in [9.17, 15) is 13.2 Å². The molecular weight excluding hydrogens is 465 g/mol. The first-order valence-electron chi connectivity index (χ1n) is 11.4. The summed E-state index contributed by atoms with van der Waals surface area (Å²) < 4.78 is 45.4. The van der Waals surface area contributed by atoms with Gasteiger partial charge < -0.3 is 9.42 Å². The van der Waals surface area contributed by atoms with E-state index >= 15 is 0 Å². The standard InChI is InChI=1S/C25H28ClF3N4O/c1-2-31(10-11-32-12-14-33(15-13-32)20-7-5-6-19(26)16-20)18-21-17-24(30-34-21)22-8-3-4-9-23(22)25(27,28)29/h3-9,16-17H,2,10-15,18H2,1H3. The summed E-state index contributed by atoms with van der Waals surface area (Å²) >= 11 is 6.12. The Balaban J connectivity index is 1.30. The van der Waals surface area contributed by atoms with Gasteiger partial charge in [0.25, 0.3) is 0 Å². The van der Waals surface area contributed by atoms with Crippen molar-refractivity contribution in [3.05, 3.63) is 70.9 Å². The first-order chi connectivity index (χ1) is 16.3. The maximum absolute atomic E-state index is 13.3. The van der Waals surface area contributed by atoms with Gasteiger partial charge in [0, 0.05) is 61.6 Å². The van der Waals surface area contributed by atoms with Gasteiger partial charge >= 0.3 is 6.18 Å². The summed E-state index contributed by atoms with van der Waals surface area (Å²) in [6.07, 6.45) is -4.44. The van der Waals surface area contributed by atoms with Crippen LogP contribution in [0.3, 0.4) is 0 Å². The summed E-state index contributed by atoms with van der Waals surface area (Å²) in [4.78, 5) is 6.98. The fourth-order valence-corrected chi connectivity index (χ4v) is 4.41. The van der Waals surface area contributed by atoms with Crippen LogP contribution in [0, 0.1) is 0 Å². The second-order valence-corrected chi connectivity index (χ2v) is 8.84. The van der Waals surface area contributed by atoms with Crippen molar-refractivity contribution in [2.75, 3.05) is 50.7 Å². The summed E-state index contributed by atoms with van der Waals surface area (Å²) in [7, 11) is 0. The number of likely N-dealkylation sites (N-methyl/N-ethyl adjacent to an activating group) is 1. The number of aromatic nitrogens is 1. The first-order valence-corrected chi connectivity index (χ1v) is 11.8. The minimum Gasteiger partial charge on any atom is -0.369 e. The largest absolute Gasteiger partial charge is 0.417 e. The molecule has 9 heteroatoms. The monoisotopic (exact) mass is 492 g/mol. The third-order valence-corrected chi connectivity index (χ3v) is 6.41.